The summed E-state index contributed by atoms with van der Waals surface area (Å²) in [6.07, 6.45) is 1.39. The first-order chi connectivity index (χ1) is 13.7. The molecular weight excluding hydrogens is 354 g/mol. The van der Waals surface area contributed by atoms with Gasteiger partial charge in [0.2, 0.25) is 6.04 Å². The van der Waals surface area contributed by atoms with Crippen molar-refractivity contribution in [2.24, 2.45) is 0 Å². The van der Waals surface area contributed by atoms with Crippen LogP contribution >= 0.6 is 0 Å². The van der Waals surface area contributed by atoms with Crippen LogP contribution in [0.2, 0.25) is 0 Å². The molecule has 0 amide bonds. The Balaban J connectivity index is 2.31. The number of carbonyl (C=O) groups is 2. The van der Waals surface area contributed by atoms with E-state index in [0.717, 1.165) is 11.1 Å². The van der Waals surface area contributed by atoms with E-state index < -0.39 is 18.0 Å². The third-order valence-electron chi connectivity index (χ3n) is 4.17. The SMILES string of the molecule is CCCOC(=O)C(C(=O)OCCC)N(Cc1ccccc1)Cc1ccccc1. The van der Waals surface area contributed by atoms with Crippen molar-refractivity contribution in [3.63, 3.8) is 0 Å². The Morgan fingerprint density at radius 1 is 0.750 bits per heavy atom. The highest BCUT2D eigenvalue weighted by Gasteiger charge is 2.36. The molecule has 0 fully saturated rings. The minimum atomic E-state index is -1.10. The third-order valence-corrected chi connectivity index (χ3v) is 4.17. The predicted molar refractivity (Wildman–Crippen MR) is 108 cm³/mol. The summed E-state index contributed by atoms with van der Waals surface area (Å²) in [5, 5.41) is 0. The summed E-state index contributed by atoms with van der Waals surface area (Å²) >= 11 is 0. The summed E-state index contributed by atoms with van der Waals surface area (Å²) in [6, 6.07) is 18.4. The number of esters is 2. The van der Waals surface area contributed by atoms with Gasteiger partial charge in [0.1, 0.15) is 0 Å². The first kappa shape index (κ1) is 21.6. The van der Waals surface area contributed by atoms with Crippen LogP contribution < -0.4 is 0 Å². The summed E-state index contributed by atoms with van der Waals surface area (Å²) in [6.45, 7) is 5.26. The number of benzene rings is 2. The van der Waals surface area contributed by atoms with E-state index in [2.05, 4.69) is 0 Å². The van der Waals surface area contributed by atoms with Crippen LogP contribution in [0.5, 0.6) is 0 Å². The average Bonchev–Trinajstić information content (AvgIpc) is 2.72. The van der Waals surface area contributed by atoms with Crippen molar-refractivity contribution < 1.29 is 19.1 Å². The van der Waals surface area contributed by atoms with Crippen LogP contribution in [-0.4, -0.2) is 36.1 Å². The van der Waals surface area contributed by atoms with Gasteiger partial charge in [-0.3, -0.25) is 4.90 Å². The topological polar surface area (TPSA) is 55.8 Å². The Bertz CT molecular complexity index is 656. The van der Waals surface area contributed by atoms with E-state index in [4.69, 9.17) is 9.47 Å². The van der Waals surface area contributed by atoms with Crippen LogP contribution in [0.3, 0.4) is 0 Å². The quantitative estimate of drug-likeness (QED) is 0.434. The van der Waals surface area contributed by atoms with Gasteiger partial charge in [-0.25, -0.2) is 9.59 Å². The molecule has 0 saturated heterocycles. The smallest absolute Gasteiger partial charge is 0.335 e. The molecule has 0 atom stereocenters. The summed E-state index contributed by atoms with van der Waals surface area (Å²) in [7, 11) is 0. The first-order valence-corrected chi connectivity index (χ1v) is 9.80. The molecule has 0 aliphatic rings. The number of rotatable bonds is 11. The van der Waals surface area contributed by atoms with Gasteiger partial charge in [-0.05, 0) is 24.0 Å². The van der Waals surface area contributed by atoms with Crippen molar-refractivity contribution in [1.29, 1.82) is 0 Å². The maximum atomic E-state index is 12.8. The summed E-state index contributed by atoms with van der Waals surface area (Å²) < 4.78 is 10.7. The van der Waals surface area contributed by atoms with Crippen molar-refractivity contribution in [3.05, 3.63) is 71.8 Å². The Morgan fingerprint density at radius 2 is 1.14 bits per heavy atom. The predicted octanol–water partition coefficient (Wildman–Crippen LogP) is 3.96. The van der Waals surface area contributed by atoms with Crippen LogP contribution in [0, 0.1) is 0 Å². The fourth-order valence-corrected chi connectivity index (χ4v) is 2.83. The van der Waals surface area contributed by atoms with Crippen LogP contribution in [0.15, 0.2) is 60.7 Å². The maximum absolute atomic E-state index is 12.8. The molecule has 5 heteroatoms. The molecule has 0 bridgehead atoms. The summed E-state index contributed by atoms with van der Waals surface area (Å²) in [5.74, 6) is -1.12. The van der Waals surface area contributed by atoms with Gasteiger partial charge in [0.05, 0.1) is 13.2 Å². The van der Waals surface area contributed by atoms with Crippen LogP contribution in [0.1, 0.15) is 37.8 Å². The fourth-order valence-electron chi connectivity index (χ4n) is 2.83. The second kappa shape index (κ2) is 11.9. The van der Waals surface area contributed by atoms with Crippen LogP contribution in [0.25, 0.3) is 0 Å². The first-order valence-electron chi connectivity index (χ1n) is 9.80. The molecule has 0 unspecified atom stereocenters. The third kappa shape index (κ3) is 6.82. The molecule has 5 nitrogen and oxygen atoms in total. The van der Waals surface area contributed by atoms with Gasteiger partial charge in [-0.1, -0.05) is 74.5 Å². The Kier molecular flexibility index (Phi) is 9.22. The van der Waals surface area contributed by atoms with Gasteiger partial charge in [-0.2, -0.15) is 0 Å². The lowest BCUT2D eigenvalue weighted by molar-refractivity contribution is -0.165. The van der Waals surface area contributed by atoms with Crippen molar-refractivity contribution in [1.82, 2.24) is 4.90 Å². The zero-order valence-corrected chi connectivity index (χ0v) is 16.7. The highest BCUT2D eigenvalue weighted by molar-refractivity contribution is 5.99. The Labute approximate surface area is 167 Å². The molecule has 0 spiro atoms. The maximum Gasteiger partial charge on any atom is 0.335 e. The highest BCUT2D eigenvalue weighted by atomic mass is 16.6. The summed E-state index contributed by atoms with van der Waals surface area (Å²) in [4.78, 5) is 27.3. The normalized spacial score (nSPS) is 10.9. The zero-order valence-electron chi connectivity index (χ0n) is 16.7. The molecule has 2 aromatic carbocycles. The molecule has 0 aliphatic carbocycles. The van der Waals surface area contributed by atoms with E-state index in [-0.39, 0.29) is 13.2 Å². The van der Waals surface area contributed by atoms with Gasteiger partial charge < -0.3 is 9.47 Å². The monoisotopic (exact) mass is 383 g/mol. The van der Waals surface area contributed by atoms with Crippen molar-refractivity contribution in [3.8, 4) is 0 Å². The number of hydrogen-bond donors (Lipinski definition) is 0. The molecule has 0 heterocycles. The zero-order chi connectivity index (χ0) is 20.2. The molecule has 0 saturated carbocycles. The van der Waals surface area contributed by atoms with Crippen molar-refractivity contribution >= 4 is 11.9 Å². The molecular formula is C23H29NO4. The minimum absolute atomic E-state index is 0.279. The van der Waals surface area contributed by atoms with Crippen molar-refractivity contribution in [2.45, 2.75) is 45.8 Å². The number of hydrogen-bond acceptors (Lipinski definition) is 5. The van der Waals surface area contributed by atoms with Gasteiger partial charge >= 0.3 is 11.9 Å². The van der Waals surface area contributed by atoms with E-state index in [1.165, 1.54) is 0 Å². The standard InChI is InChI=1S/C23H29NO4/c1-3-15-27-22(25)21(23(26)28-16-4-2)24(17-19-11-7-5-8-12-19)18-20-13-9-6-10-14-20/h5-14,21H,3-4,15-18H2,1-2H3. The Hall–Kier alpha value is -2.66. The highest BCUT2D eigenvalue weighted by Crippen LogP contribution is 2.16. The van der Waals surface area contributed by atoms with E-state index >= 15 is 0 Å². The number of carbonyl (C=O) groups excluding carboxylic acids is 2. The molecule has 2 aromatic rings. The largest absolute Gasteiger partial charge is 0.464 e. The minimum Gasteiger partial charge on any atom is -0.464 e. The number of ether oxygens (including phenoxy) is 2. The van der Waals surface area contributed by atoms with Gasteiger partial charge in [0.15, 0.2) is 0 Å². The molecule has 0 aromatic heterocycles. The molecule has 0 N–H and O–H groups in total. The van der Waals surface area contributed by atoms with Gasteiger partial charge in [0, 0.05) is 13.1 Å². The van der Waals surface area contributed by atoms with E-state index in [0.29, 0.717) is 25.9 Å². The summed E-state index contributed by atoms with van der Waals surface area (Å²) in [5.41, 5.74) is 2.02. The van der Waals surface area contributed by atoms with E-state index in [1.54, 1.807) is 0 Å². The molecule has 0 aliphatic heterocycles. The molecule has 0 radical (unpaired) electrons. The van der Waals surface area contributed by atoms with Crippen molar-refractivity contribution in [2.75, 3.05) is 13.2 Å². The van der Waals surface area contributed by atoms with E-state index in [1.807, 2.05) is 79.4 Å². The second-order valence-corrected chi connectivity index (χ2v) is 6.61. The lowest BCUT2D eigenvalue weighted by Gasteiger charge is -2.29. The van der Waals surface area contributed by atoms with Gasteiger partial charge in [-0.15, -0.1) is 0 Å². The van der Waals surface area contributed by atoms with Crippen LogP contribution in [-0.2, 0) is 32.2 Å². The van der Waals surface area contributed by atoms with Gasteiger partial charge in [0.25, 0.3) is 0 Å². The number of nitrogens with zero attached hydrogens (tertiary/aromatic N) is 1. The fraction of sp³-hybridized carbons (Fsp3) is 0.391. The van der Waals surface area contributed by atoms with Crippen LogP contribution in [0.4, 0.5) is 0 Å². The Morgan fingerprint density at radius 3 is 1.50 bits per heavy atom. The van der Waals surface area contributed by atoms with E-state index in [9.17, 15) is 9.59 Å². The molecule has 2 rings (SSSR count). The lowest BCUT2D eigenvalue weighted by Crippen LogP contribution is -2.48. The second-order valence-electron chi connectivity index (χ2n) is 6.61. The molecule has 28 heavy (non-hydrogen) atoms. The molecule has 150 valence electrons. The average molecular weight is 383 g/mol. The lowest BCUT2D eigenvalue weighted by atomic mass is 10.1.